The summed E-state index contributed by atoms with van der Waals surface area (Å²) >= 11 is 5.40. The largest absolute Gasteiger partial charge is 0.353 e. The van der Waals surface area contributed by atoms with Crippen molar-refractivity contribution in [1.82, 2.24) is 10.2 Å². The standard InChI is InChI=1S/C10H21ClN2O/c1-8(2)5-9(13(3)4)7-12-10(14)6-11/h8-9H,5-7H2,1-4H3,(H,12,14). The molecule has 0 rings (SSSR count). The van der Waals surface area contributed by atoms with Gasteiger partial charge in [0.15, 0.2) is 0 Å². The first-order valence-electron chi connectivity index (χ1n) is 4.96. The van der Waals surface area contributed by atoms with Gasteiger partial charge in [0.2, 0.25) is 5.91 Å². The summed E-state index contributed by atoms with van der Waals surface area (Å²) in [6.45, 7) is 5.04. The third-order valence-electron chi connectivity index (χ3n) is 2.13. The second kappa shape index (κ2) is 7.07. The molecular formula is C10H21ClN2O. The van der Waals surface area contributed by atoms with E-state index in [2.05, 4.69) is 24.1 Å². The SMILES string of the molecule is CC(C)CC(CNC(=O)CCl)N(C)C. The van der Waals surface area contributed by atoms with Crippen molar-refractivity contribution in [3.63, 3.8) is 0 Å². The van der Waals surface area contributed by atoms with Crippen LogP contribution in [0.2, 0.25) is 0 Å². The molecule has 0 spiro atoms. The molecule has 0 saturated carbocycles. The van der Waals surface area contributed by atoms with E-state index < -0.39 is 0 Å². The third-order valence-corrected chi connectivity index (χ3v) is 2.37. The molecule has 0 aliphatic carbocycles. The molecule has 0 aliphatic heterocycles. The number of carbonyl (C=O) groups excluding carboxylic acids is 1. The fraction of sp³-hybridized carbons (Fsp3) is 0.900. The molecular weight excluding hydrogens is 200 g/mol. The molecule has 0 aromatic rings. The highest BCUT2D eigenvalue weighted by Gasteiger charge is 2.13. The molecule has 0 aromatic heterocycles. The van der Waals surface area contributed by atoms with Crippen LogP contribution < -0.4 is 5.32 Å². The maximum atomic E-state index is 11.0. The van der Waals surface area contributed by atoms with Crippen LogP contribution in [0.15, 0.2) is 0 Å². The molecule has 0 radical (unpaired) electrons. The quantitative estimate of drug-likeness (QED) is 0.685. The van der Waals surface area contributed by atoms with Crippen LogP contribution in [0.25, 0.3) is 0 Å². The van der Waals surface area contributed by atoms with Gasteiger partial charge in [0.25, 0.3) is 0 Å². The summed E-state index contributed by atoms with van der Waals surface area (Å²) in [5.74, 6) is 0.583. The van der Waals surface area contributed by atoms with E-state index in [4.69, 9.17) is 11.6 Å². The normalized spacial score (nSPS) is 13.4. The first-order chi connectivity index (χ1) is 6.47. The van der Waals surface area contributed by atoms with Gasteiger partial charge in [-0.3, -0.25) is 4.79 Å². The maximum Gasteiger partial charge on any atom is 0.234 e. The molecule has 1 atom stereocenters. The molecule has 4 heteroatoms. The minimum Gasteiger partial charge on any atom is -0.353 e. The second-order valence-corrected chi connectivity index (χ2v) is 4.45. The summed E-state index contributed by atoms with van der Waals surface area (Å²) in [5, 5.41) is 2.81. The van der Waals surface area contributed by atoms with Gasteiger partial charge in [0.05, 0.1) is 0 Å². The monoisotopic (exact) mass is 220 g/mol. The Morgan fingerprint density at radius 2 is 2.00 bits per heavy atom. The van der Waals surface area contributed by atoms with Crippen molar-refractivity contribution in [3.05, 3.63) is 0 Å². The van der Waals surface area contributed by atoms with Crippen LogP contribution in [-0.4, -0.2) is 43.4 Å². The van der Waals surface area contributed by atoms with Gasteiger partial charge in [-0.25, -0.2) is 0 Å². The zero-order valence-corrected chi connectivity index (χ0v) is 10.3. The number of hydrogen-bond acceptors (Lipinski definition) is 2. The summed E-state index contributed by atoms with van der Waals surface area (Å²) < 4.78 is 0. The molecule has 84 valence electrons. The number of nitrogens with one attached hydrogen (secondary N) is 1. The van der Waals surface area contributed by atoms with Gasteiger partial charge in [0.1, 0.15) is 5.88 Å². The van der Waals surface area contributed by atoms with Crippen molar-refractivity contribution >= 4 is 17.5 Å². The van der Waals surface area contributed by atoms with Crippen LogP contribution in [0, 0.1) is 5.92 Å². The summed E-state index contributed by atoms with van der Waals surface area (Å²) in [5.41, 5.74) is 0. The Morgan fingerprint density at radius 3 is 2.36 bits per heavy atom. The topological polar surface area (TPSA) is 32.3 Å². The molecule has 0 saturated heterocycles. The molecule has 0 fully saturated rings. The van der Waals surface area contributed by atoms with Crippen LogP contribution in [-0.2, 0) is 4.79 Å². The lowest BCUT2D eigenvalue weighted by Crippen LogP contribution is -2.41. The number of alkyl halides is 1. The Labute approximate surface area is 91.8 Å². The average Bonchev–Trinajstić information content (AvgIpc) is 2.10. The summed E-state index contributed by atoms with van der Waals surface area (Å²) in [4.78, 5) is 13.1. The van der Waals surface area contributed by atoms with E-state index in [1.54, 1.807) is 0 Å². The Balaban J connectivity index is 3.91. The highest BCUT2D eigenvalue weighted by Crippen LogP contribution is 2.07. The molecule has 1 amide bonds. The predicted molar refractivity (Wildman–Crippen MR) is 60.7 cm³/mol. The molecule has 0 aliphatic rings. The number of nitrogens with zero attached hydrogens (tertiary/aromatic N) is 1. The molecule has 0 aromatic carbocycles. The van der Waals surface area contributed by atoms with Gasteiger partial charge < -0.3 is 10.2 Å². The number of amides is 1. The Hall–Kier alpha value is -0.280. The number of carbonyl (C=O) groups is 1. The van der Waals surface area contributed by atoms with Crippen molar-refractivity contribution < 1.29 is 4.79 Å². The van der Waals surface area contributed by atoms with Gasteiger partial charge in [0, 0.05) is 12.6 Å². The molecule has 0 heterocycles. The first kappa shape index (κ1) is 13.7. The summed E-state index contributed by atoms with van der Waals surface area (Å²) in [6.07, 6.45) is 1.08. The van der Waals surface area contributed by atoms with Gasteiger partial charge in [-0.2, -0.15) is 0 Å². The van der Waals surface area contributed by atoms with E-state index in [1.165, 1.54) is 0 Å². The van der Waals surface area contributed by atoms with Crippen molar-refractivity contribution in [2.24, 2.45) is 5.92 Å². The highest BCUT2D eigenvalue weighted by atomic mass is 35.5. The van der Waals surface area contributed by atoms with Crippen LogP contribution >= 0.6 is 11.6 Å². The summed E-state index contributed by atoms with van der Waals surface area (Å²) in [6, 6.07) is 0.391. The smallest absolute Gasteiger partial charge is 0.234 e. The zero-order chi connectivity index (χ0) is 11.1. The third kappa shape index (κ3) is 6.22. The van der Waals surface area contributed by atoms with Gasteiger partial charge in [-0.05, 0) is 26.4 Å². The number of hydrogen-bond donors (Lipinski definition) is 1. The van der Waals surface area contributed by atoms with Crippen LogP contribution in [0.4, 0.5) is 0 Å². The van der Waals surface area contributed by atoms with Gasteiger partial charge in [-0.15, -0.1) is 11.6 Å². The van der Waals surface area contributed by atoms with Gasteiger partial charge in [-0.1, -0.05) is 13.8 Å². The minimum absolute atomic E-state index is 0.0435. The van der Waals surface area contributed by atoms with E-state index in [0.29, 0.717) is 18.5 Å². The minimum atomic E-state index is -0.0951. The van der Waals surface area contributed by atoms with Crippen molar-refractivity contribution in [2.45, 2.75) is 26.3 Å². The van der Waals surface area contributed by atoms with E-state index in [1.807, 2.05) is 14.1 Å². The number of rotatable bonds is 6. The Bertz CT molecular complexity index is 172. The number of halogens is 1. The predicted octanol–water partition coefficient (Wildman–Crippen LogP) is 1.32. The van der Waals surface area contributed by atoms with Crippen LogP contribution in [0.1, 0.15) is 20.3 Å². The number of likely N-dealkylation sites (N-methyl/N-ethyl adjacent to an activating group) is 1. The fourth-order valence-corrected chi connectivity index (χ4v) is 1.39. The van der Waals surface area contributed by atoms with E-state index in [0.717, 1.165) is 6.42 Å². The van der Waals surface area contributed by atoms with Crippen LogP contribution in [0.3, 0.4) is 0 Å². The second-order valence-electron chi connectivity index (χ2n) is 4.18. The van der Waals surface area contributed by atoms with Gasteiger partial charge >= 0.3 is 0 Å². The van der Waals surface area contributed by atoms with Crippen molar-refractivity contribution in [1.29, 1.82) is 0 Å². The lowest BCUT2D eigenvalue weighted by Gasteiger charge is -2.26. The lowest BCUT2D eigenvalue weighted by atomic mass is 10.0. The lowest BCUT2D eigenvalue weighted by molar-refractivity contribution is -0.118. The molecule has 1 N–H and O–H groups in total. The van der Waals surface area contributed by atoms with E-state index >= 15 is 0 Å². The first-order valence-corrected chi connectivity index (χ1v) is 5.50. The highest BCUT2D eigenvalue weighted by molar-refractivity contribution is 6.27. The van der Waals surface area contributed by atoms with Crippen molar-refractivity contribution in [3.8, 4) is 0 Å². The Kier molecular flexibility index (Phi) is 6.93. The molecule has 3 nitrogen and oxygen atoms in total. The van der Waals surface area contributed by atoms with E-state index in [-0.39, 0.29) is 11.8 Å². The molecule has 0 bridgehead atoms. The molecule has 14 heavy (non-hydrogen) atoms. The Morgan fingerprint density at radius 1 is 1.43 bits per heavy atom. The maximum absolute atomic E-state index is 11.0. The summed E-state index contributed by atoms with van der Waals surface area (Å²) in [7, 11) is 4.06. The zero-order valence-electron chi connectivity index (χ0n) is 9.51. The molecule has 1 unspecified atom stereocenters. The fourth-order valence-electron chi connectivity index (χ4n) is 1.30. The van der Waals surface area contributed by atoms with Crippen molar-refractivity contribution in [2.75, 3.05) is 26.5 Å². The van der Waals surface area contributed by atoms with E-state index in [9.17, 15) is 4.79 Å². The average molecular weight is 221 g/mol. The van der Waals surface area contributed by atoms with Crippen LogP contribution in [0.5, 0.6) is 0 Å².